The van der Waals surface area contributed by atoms with E-state index in [1.54, 1.807) is 23.1 Å². The summed E-state index contributed by atoms with van der Waals surface area (Å²) in [5.74, 6) is -0.0887. The zero-order valence-electron chi connectivity index (χ0n) is 16.0. The van der Waals surface area contributed by atoms with Crippen LogP contribution in [0.1, 0.15) is 13.3 Å². The van der Waals surface area contributed by atoms with Crippen LogP contribution < -0.4 is 15.0 Å². The molecular formula is C21H24FN3O3. The van der Waals surface area contributed by atoms with Crippen LogP contribution in [0.25, 0.3) is 0 Å². The molecule has 1 unspecified atom stereocenters. The smallest absolute Gasteiger partial charge is 0.241 e. The second kappa shape index (κ2) is 8.84. The predicted molar refractivity (Wildman–Crippen MR) is 106 cm³/mol. The summed E-state index contributed by atoms with van der Waals surface area (Å²) < 4.78 is 18.7. The number of nitrogens with zero attached hydrogens (tertiary/aromatic N) is 2. The van der Waals surface area contributed by atoms with Crippen LogP contribution in [0.15, 0.2) is 48.5 Å². The van der Waals surface area contributed by atoms with Crippen molar-refractivity contribution in [3.05, 3.63) is 54.3 Å². The molecule has 3 rings (SSSR count). The second-order valence-corrected chi connectivity index (χ2v) is 6.93. The molecule has 1 aliphatic heterocycles. The number of halogens is 1. The number of para-hydroxylation sites is 2. The summed E-state index contributed by atoms with van der Waals surface area (Å²) in [6.45, 7) is 2.88. The van der Waals surface area contributed by atoms with Crippen molar-refractivity contribution in [1.82, 2.24) is 4.90 Å². The Hall–Kier alpha value is -2.93. The molecule has 148 valence electrons. The highest BCUT2D eigenvalue weighted by atomic mass is 19.1. The lowest BCUT2D eigenvalue weighted by atomic mass is 10.1. The normalized spacial score (nSPS) is 16.4. The van der Waals surface area contributed by atoms with Crippen molar-refractivity contribution in [3.63, 3.8) is 0 Å². The van der Waals surface area contributed by atoms with Crippen LogP contribution in [0.4, 0.5) is 15.8 Å². The number of hydrogen-bond acceptors (Lipinski definition) is 4. The highest BCUT2D eigenvalue weighted by Gasteiger charge is 2.29. The number of carbonyl (C=O) groups is 2. The van der Waals surface area contributed by atoms with E-state index in [0.717, 1.165) is 0 Å². The Bertz CT molecular complexity index is 858. The lowest BCUT2D eigenvalue weighted by Gasteiger charge is -2.29. The van der Waals surface area contributed by atoms with Crippen LogP contribution in [0.2, 0.25) is 0 Å². The van der Waals surface area contributed by atoms with E-state index in [1.807, 2.05) is 37.1 Å². The Morgan fingerprint density at radius 1 is 1.29 bits per heavy atom. The maximum Gasteiger partial charge on any atom is 0.241 e. The number of rotatable bonds is 6. The van der Waals surface area contributed by atoms with Gasteiger partial charge in [-0.05, 0) is 38.2 Å². The van der Waals surface area contributed by atoms with Gasteiger partial charge in [-0.25, -0.2) is 4.39 Å². The van der Waals surface area contributed by atoms with Gasteiger partial charge in [0.1, 0.15) is 18.2 Å². The van der Waals surface area contributed by atoms with Gasteiger partial charge in [0.05, 0.1) is 17.9 Å². The van der Waals surface area contributed by atoms with E-state index in [0.29, 0.717) is 30.3 Å². The van der Waals surface area contributed by atoms with Gasteiger partial charge in [-0.2, -0.15) is 0 Å². The standard InChI is InChI=1S/C21H24FN3O3/c1-15-12-20(26)23-18-8-3-4-9-19(18)25(15)21(27)14-24(2)10-11-28-17-7-5-6-16(22)13-17/h3-9,13,15H,10-12,14H2,1-2H3,(H,23,26). The Morgan fingerprint density at radius 3 is 2.86 bits per heavy atom. The lowest BCUT2D eigenvalue weighted by Crippen LogP contribution is -2.44. The number of amides is 2. The van der Waals surface area contributed by atoms with Crippen molar-refractivity contribution in [2.24, 2.45) is 0 Å². The fraction of sp³-hybridized carbons (Fsp3) is 0.333. The summed E-state index contributed by atoms with van der Waals surface area (Å²) in [7, 11) is 1.82. The average molecular weight is 385 g/mol. The first-order valence-corrected chi connectivity index (χ1v) is 9.22. The molecule has 1 N–H and O–H groups in total. The minimum Gasteiger partial charge on any atom is -0.492 e. The summed E-state index contributed by atoms with van der Waals surface area (Å²) in [6, 6.07) is 13.0. The molecule has 0 bridgehead atoms. The van der Waals surface area contributed by atoms with Crippen molar-refractivity contribution in [1.29, 1.82) is 0 Å². The van der Waals surface area contributed by atoms with E-state index in [-0.39, 0.29) is 36.6 Å². The molecule has 0 spiro atoms. The molecule has 7 heteroatoms. The van der Waals surface area contributed by atoms with Crippen molar-refractivity contribution in [2.75, 3.05) is 37.0 Å². The minimum atomic E-state index is -0.349. The van der Waals surface area contributed by atoms with E-state index in [1.165, 1.54) is 12.1 Å². The molecule has 0 radical (unpaired) electrons. The van der Waals surface area contributed by atoms with E-state index in [4.69, 9.17) is 4.74 Å². The van der Waals surface area contributed by atoms with Gasteiger partial charge in [0.2, 0.25) is 11.8 Å². The Kier molecular flexibility index (Phi) is 6.26. The maximum absolute atomic E-state index is 13.2. The first kappa shape index (κ1) is 19.8. The van der Waals surface area contributed by atoms with Gasteiger partial charge in [0.15, 0.2) is 0 Å². The molecule has 2 aromatic rings. The summed E-state index contributed by atoms with van der Waals surface area (Å²) in [5.41, 5.74) is 1.34. The molecule has 6 nitrogen and oxygen atoms in total. The monoisotopic (exact) mass is 385 g/mol. The predicted octanol–water partition coefficient (Wildman–Crippen LogP) is 2.90. The van der Waals surface area contributed by atoms with Crippen LogP contribution in [0.3, 0.4) is 0 Å². The van der Waals surface area contributed by atoms with Crippen molar-refractivity contribution in [3.8, 4) is 5.75 Å². The number of hydrogen-bond donors (Lipinski definition) is 1. The largest absolute Gasteiger partial charge is 0.492 e. The third kappa shape index (κ3) is 4.86. The molecule has 0 aliphatic carbocycles. The molecule has 0 fully saturated rings. The topological polar surface area (TPSA) is 61.9 Å². The number of anilines is 2. The fourth-order valence-corrected chi connectivity index (χ4v) is 3.23. The third-order valence-corrected chi connectivity index (χ3v) is 4.57. The van der Waals surface area contributed by atoms with Gasteiger partial charge in [-0.1, -0.05) is 18.2 Å². The number of ether oxygens (including phenoxy) is 1. The highest BCUT2D eigenvalue weighted by molar-refractivity contribution is 6.04. The minimum absolute atomic E-state index is 0.0929. The zero-order chi connectivity index (χ0) is 20.1. The molecule has 1 aliphatic rings. The van der Waals surface area contributed by atoms with Crippen LogP contribution in [-0.2, 0) is 9.59 Å². The van der Waals surface area contributed by atoms with E-state index >= 15 is 0 Å². The molecule has 2 amide bonds. The van der Waals surface area contributed by atoms with E-state index in [2.05, 4.69) is 5.32 Å². The summed E-state index contributed by atoms with van der Waals surface area (Å²) in [4.78, 5) is 28.5. The number of nitrogens with one attached hydrogen (secondary N) is 1. The van der Waals surface area contributed by atoms with Crippen LogP contribution >= 0.6 is 0 Å². The maximum atomic E-state index is 13.2. The van der Waals surface area contributed by atoms with Crippen molar-refractivity contribution < 1.29 is 18.7 Å². The van der Waals surface area contributed by atoms with Gasteiger partial charge < -0.3 is 15.0 Å². The Balaban J connectivity index is 1.60. The SMILES string of the molecule is CC1CC(=O)Nc2ccccc2N1C(=O)CN(C)CCOc1cccc(F)c1. The molecule has 0 saturated heterocycles. The number of fused-ring (bicyclic) bond motifs is 1. The van der Waals surface area contributed by atoms with Crippen LogP contribution in [0.5, 0.6) is 5.75 Å². The number of likely N-dealkylation sites (N-methyl/N-ethyl adjacent to an activating group) is 1. The van der Waals surface area contributed by atoms with Gasteiger partial charge in [0, 0.05) is 25.1 Å². The van der Waals surface area contributed by atoms with Crippen LogP contribution in [-0.4, -0.2) is 49.5 Å². The van der Waals surface area contributed by atoms with Gasteiger partial charge >= 0.3 is 0 Å². The number of carbonyl (C=O) groups excluding carboxylic acids is 2. The molecule has 2 aromatic carbocycles. The van der Waals surface area contributed by atoms with Crippen LogP contribution in [0, 0.1) is 5.82 Å². The average Bonchev–Trinajstić information content (AvgIpc) is 2.75. The van der Waals surface area contributed by atoms with E-state index < -0.39 is 0 Å². The first-order chi connectivity index (χ1) is 13.4. The van der Waals surface area contributed by atoms with Gasteiger partial charge in [0.25, 0.3) is 0 Å². The van der Waals surface area contributed by atoms with Crippen molar-refractivity contribution >= 4 is 23.2 Å². The van der Waals surface area contributed by atoms with Crippen molar-refractivity contribution in [2.45, 2.75) is 19.4 Å². The number of benzene rings is 2. The molecule has 0 aromatic heterocycles. The molecular weight excluding hydrogens is 361 g/mol. The first-order valence-electron chi connectivity index (χ1n) is 9.22. The quantitative estimate of drug-likeness (QED) is 0.831. The van der Waals surface area contributed by atoms with Gasteiger partial charge in [-0.3, -0.25) is 14.5 Å². The third-order valence-electron chi connectivity index (χ3n) is 4.57. The second-order valence-electron chi connectivity index (χ2n) is 6.93. The summed E-state index contributed by atoms with van der Waals surface area (Å²) in [6.07, 6.45) is 0.243. The molecule has 1 heterocycles. The Morgan fingerprint density at radius 2 is 2.07 bits per heavy atom. The Labute approximate surface area is 163 Å². The highest BCUT2D eigenvalue weighted by Crippen LogP contribution is 2.31. The fourth-order valence-electron chi connectivity index (χ4n) is 3.23. The zero-order valence-corrected chi connectivity index (χ0v) is 16.0. The van der Waals surface area contributed by atoms with Gasteiger partial charge in [-0.15, -0.1) is 0 Å². The molecule has 0 saturated carbocycles. The van der Waals surface area contributed by atoms with E-state index in [9.17, 15) is 14.0 Å². The summed E-state index contributed by atoms with van der Waals surface area (Å²) in [5, 5.41) is 2.85. The molecule has 28 heavy (non-hydrogen) atoms. The summed E-state index contributed by atoms with van der Waals surface area (Å²) >= 11 is 0. The lowest BCUT2D eigenvalue weighted by molar-refractivity contribution is -0.120. The molecule has 1 atom stereocenters.